The smallest absolute Gasteiger partial charge is 0.262 e. The molecule has 0 aliphatic rings. The second-order valence-corrected chi connectivity index (χ2v) is 8.13. The van der Waals surface area contributed by atoms with E-state index in [4.69, 9.17) is 5.26 Å². The highest BCUT2D eigenvalue weighted by molar-refractivity contribution is 7.99. The Morgan fingerprint density at radius 1 is 1.33 bits per heavy atom. The molecule has 0 radical (unpaired) electrons. The summed E-state index contributed by atoms with van der Waals surface area (Å²) in [6.07, 6.45) is 0. The van der Waals surface area contributed by atoms with Crippen molar-refractivity contribution in [2.45, 2.75) is 19.0 Å². The molecule has 2 heterocycles. The van der Waals surface area contributed by atoms with Gasteiger partial charge in [0.05, 0.1) is 17.2 Å². The molecule has 0 N–H and O–H groups in total. The molecule has 2 aromatic heterocycles. The Kier molecular flexibility index (Phi) is 5.63. The van der Waals surface area contributed by atoms with Crippen LogP contribution in [0.4, 0.5) is 5.69 Å². The standard InChI is InChI=1S/C19H18N4O2S2/c1-12-13(2)27-17-16(12)18(25)22(3)19(21-17)26-11-15(24)23(10-9-20)14-7-5-4-6-8-14/h4-8H,10-11H2,1-3H3. The largest absolute Gasteiger partial charge is 0.298 e. The lowest BCUT2D eigenvalue weighted by atomic mass is 10.2. The van der Waals surface area contributed by atoms with E-state index < -0.39 is 0 Å². The van der Waals surface area contributed by atoms with Crippen LogP contribution in [0.25, 0.3) is 10.2 Å². The van der Waals surface area contributed by atoms with Crippen molar-refractivity contribution in [1.29, 1.82) is 5.26 Å². The number of aromatic nitrogens is 2. The van der Waals surface area contributed by atoms with Crippen LogP contribution >= 0.6 is 23.1 Å². The van der Waals surface area contributed by atoms with Gasteiger partial charge in [-0.1, -0.05) is 30.0 Å². The number of rotatable bonds is 5. The summed E-state index contributed by atoms with van der Waals surface area (Å²) in [4.78, 5) is 33.1. The fourth-order valence-corrected chi connectivity index (χ4v) is 4.61. The fourth-order valence-electron chi connectivity index (χ4n) is 2.69. The van der Waals surface area contributed by atoms with Gasteiger partial charge in [0.1, 0.15) is 11.4 Å². The number of amides is 1. The number of nitriles is 1. The van der Waals surface area contributed by atoms with Crippen LogP contribution in [0, 0.1) is 25.2 Å². The second kappa shape index (κ2) is 7.94. The fraction of sp³-hybridized carbons (Fsp3) is 0.263. The minimum atomic E-state index is -0.208. The van der Waals surface area contributed by atoms with E-state index in [-0.39, 0.29) is 23.8 Å². The normalized spacial score (nSPS) is 10.7. The van der Waals surface area contributed by atoms with Crippen molar-refractivity contribution in [1.82, 2.24) is 9.55 Å². The molecule has 0 bridgehead atoms. The first-order valence-electron chi connectivity index (χ1n) is 8.26. The monoisotopic (exact) mass is 398 g/mol. The third kappa shape index (κ3) is 3.75. The number of fused-ring (bicyclic) bond motifs is 1. The zero-order valence-electron chi connectivity index (χ0n) is 15.2. The van der Waals surface area contributed by atoms with E-state index in [1.807, 2.05) is 38.1 Å². The average Bonchev–Trinajstić information content (AvgIpc) is 2.96. The molecule has 0 aliphatic heterocycles. The quantitative estimate of drug-likeness (QED) is 0.374. The Morgan fingerprint density at radius 3 is 2.70 bits per heavy atom. The summed E-state index contributed by atoms with van der Waals surface area (Å²) < 4.78 is 1.48. The van der Waals surface area contributed by atoms with Gasteiger partial charge in [0.25, 0.3) is 5.56 Å². The maximum atomic E-state index is 12.7. The molecule has 0 saturated carbocycles. The van der Waals surface area contributed by atoms with Crippen LogP contribution in [0.1, 0.15) is 10.4 Å². The van der Waals surface area contributed by atoms with Crippen LogP contribution in [-0.2, 0) is 11.8 Å². The van der Waals surface area contributed by atoms with Gasteiger partial charge in [-0.2, -0.15) is 5.26 Å². The zero-order chi connectivity index (χ0) is 19.6. The molecular formula is C19H18N4O2S2. The highest BCUT2D eigenvalue weighted by Crippen LogP contribution is 2.28. The number of thioether (sulfide) groups is 1. The van der Waals surface area contributed by atoms with E-state index in [1.165, 1.54) is 32.6 Å². The van der Waals surface area contributed by atoms with E-state index >= 15 is 0 Å². The van der Waals surface area contributed by atoms with Gasteiger partial charge in [-0.3, -0.25) is 19.1 Å². The number of thiophene rings is 1. The third-order valence-corrected chi connectivity index (χ3v) is 6.41. The van der Waals surface area contributed by atoms with Crippen LogP contribution in [0.15, 0.2) is 40.3 Å². The average molecular weight is 399 g/mol. The van der Waals surface area contributed by atoms with Gasteiger partial charge in [0, 0.05) is 17.6 Å². The van der Waals surface area contributed by atoms with Crippen LogP contribution in [0.3, 0.4) is 0 Å². The molecule has 0 unspecified atom stereocenters. The number of nitrogens with zero attached hydrogens (tertiary/aromatic N) is 4. The van der Waals surface area contributed by atoms with Crippen molar-refractivity contribution in [2.75, 3.05) is 17.2 Å². The predicted molar refractivity (Wildman–Crippen MR) is 109 cm³/mol. The van der Waals surface area contributed by atoms with Crippen LogP contribution in [-0.4, -0.2) is 27.8 Å². The molecule has 27 heavy (non-hydrogen) atoms. The summed E-state index contributed by atoms with van der Waals surface area (Å²) in [6, 6.07) is 11.1. The van der Waals surface area contributed by atoms with E-state index in [0.717, 1.165) is 10.4 Å². The van der Waals surface area contributed by atoms with Gasteiger partial charge >= 0.3 is 0 Å². The van der Waals surface area contributed by atoms with Crippen molar-refractivity contribution in [2.24, 2.45) is 7.05 Å². The molecule has 3 rings (SSSR count). The van der Waals surface area contributed by atoms with Gasteiger partial charge < -0.3 is 0 Å². The van der Waals surface area contributed by atoms with Gasteiger partial charge in [-0.15, -0.1) is 11.3 Å². The molecule has 0 fully saturated rings. The predicted octanol–water partition coefficient (Wildman–Crippen LogP) is 3.26. The van der Waals surface area contributed by atoms with Crippen LogP contribution in [0.2, 0.25) is 0 Å². The Balaban J connectivity index is 1.85. The summed E-state index contributed by atoms with van der Waals surface area (Å²) >= 11 is 2.69. The Hall–Kier alpha value is -2.63. The minimum Gasteiger partial charge on any atom is -0.298 e. The first-order chi connectivity index (χ1) is 12.9. The number of aryl methyl sites for hydroxylation is 2. The summed E-state index contributed by atoms with van der Waals surface area (Å²) in [6.45, 7) is 3.86. The Morgan fingerprint density at radius 2 is 2.04 bits per heavy atom. The minimum absolute atomic E-state index is 0.0296. The molecule has 6 nitrogen and oxygen atoms in total. The number of anilines is 1. The third-order valence-electron chi connectivity index (χ3n) is 4.29. The van der Waals surface area contributed by atoms with E-state index in [9.17, 15) is 9.59 Å². The lowest BCUT2D eigenvalue weighted by Crippen LogP contribution is -2.33. The van der Waals surface area contributed by atoms with Crippen molar-refractivity contribution in [3.63, 3.8) is 0 Å². The summed E-state index contributed by atoms with van der Waals surface area (Å²) in [7, 11) is 1.66. The molecule has 0 aliphatic carbocycles. The molecule has 8 heteroatoms. The molecule has 0 saturated heterocycles. The van der Waals surface area contributed by atoms with Gasteiger partial charge in [0.15, 0.2) is 5.16 Å². The van der Waals surface area contributed by atoms with E-state index in [0.29, 0.717) is 21.1 Å². The number of hydrogen-bond acceptors (Lipinski definition) is 6. The van der Waals surface area contributed by atoms with Crippen molar-refractivity contribution in [3.8, 4) is 6.07 Å². The van der Waals surface area contributed by atoms with Crippen molar-refractivity contribution in [3.05, 3.63) is 51.1 Å². The maximum Gasteiger partial charge on any atom is 0.262 e. The summed E-state index contributed by atoms with van der Waals surface area (Å²) in [5, 5.41) is 10.2. The van der Waals surface area contributed by atoms with Crippen molar-refractivity contribution < 1.29 is 4.79 Å². The van der Waals surface area contributed by atoms with E-state index in [2.05, 4.69) is 4.98 Å². The molecule has 0 atom stereocenters. The lowest BCUT2D eigenvalue weighted by Gasteiger charge is -2.19. The van der Waals surface area contributed by atoms with Gasteiger partial charge in [-0.25, -0.2) is 4.98 Å². The van der Waals surface area contributed by atoms with Crippen LogP contribution in [0.5, 0.6) is 0 Å². The first-order valence-corrected chi connectivity index (χ1v) is 10.1. The zero-order valence-corrected chi connectivity index (χ0v) is 16.9. The highest BCUT2D eigenvalue weighted by Gasteiger charge is 2.19. The number of benzene rings is 1. The van der Waals surface area contributed by atoms with E-state index in [1.54, 1.807) is 19.2 Å². The molecule has 0 spiro atoms. The van der Waals surface area contributed by atoms with Crippen LogP contribution < -0.4 is 10.5 Å². The number of carbonyl (C=O) groups is 1. The highest BCUT2D eigenvalue weighted by atomic mass is 32.2. The number of hydrogen-bond donors (Lipinski definition) is 0. The molecular weight excluding hydrogens is 380 g/mol. The molecule has 1 amide bonds. The molecule has 3 aromatic rings. The summed E-state index contributed by atoms with van der Waals surface area (Å²) in [5.41, 5.74) is 1.53. The van der Waals surface area contributed by atoms with Gasteiger partial charge in [0.2, 0.25) is 5.91 Å². The SMILES string of the molecule is Cc1sc2nc(SCC(=O)N(CC#N)c3ccccc3)n(C)c(=O)c2c1C. The maximum absolute atomic E-state index is 12.7. The lowest BCUT2D eigenvalue weighted by molar-refractivity contribution is -0.116. The topological polar surface area (TPSA) is 79.0 Å². The van der Waals surface area contributed by atoms with Gasteiger partial charge in [-0.05, 0) is 31.5 Å². The Bertz CT molecular complexity index is 1100. The Labute approximate surface area is 165 Å². The van der Waals surface area contributed by atoms with Crippen molar-refractivity contribution >= 4 is 44.9 Å². The number of carbonyl (C=O) groups excluding carboxylic acids is 1. The second-order valence-electron chi connectivity index (χ2n) is 5.98. The first kappa shape index (κ1) is 19.1. The summed E-state index contributed by atoms with van der Waals surface area (Å²) in [5.74, 6) is -0.119. The number of para-hydroxylation sites is 1. The molecule has 1 aromatic carbocycles. The molecule has 138 valence electrons.